The van der Waals surface area contributed by atoms with Crippen molar-refractivity contribution in [3.8, 4) is 11.5 Å². The molecule has 0 radical (unpaired) electrons. The predicted molar refractivity (Wildman–Crippen MR) is 88.2 cm³/mol. The van der Waals surface area contributed by atoms with E-state index in [4.69, 9.17) is 20.8 Å². The van der Waals surface area contributed by atoms with Gasteiger partial charge in [-0.3, -0.25) is 4.79 Å². The van der Waals surface area contributed by atoms with Crippen molar-refractivity contribution in [1.82, 2.24) is 9.97 Å². The summed E-state index contributed by atoms with van der Waals surface area (Å²) in [4.78, 5) is 20.0. The first-order valence-electron chi connectivity index (χ1n) is 7.21. The molecule has 0 saturated carbocycles. The number of nitrogens with one attached hydrogen (secondary N) is 1. The number of hydrogen-bond donors (Lipinski definition) is 1. The Kier molecular flexibility index (Phi) is 5.26. The van der Waals surface area contributed by atoms with E-state index in [0.717, 1.165) is 0 Å². The molecule has 7 heteroatoms. The Morgan fingerprint density at radius 3 is 2.74 bits per heavy atom. The molecular formula is C16H20ClN3O3. The SMILES string of the molecule is COC(=O)C[C@@H](Nc1cc(-c2ccco2)nc(Cl)n1)C(C)(C)C. The van der Waals surface area contributed by atoms with Crippen molar-refractivity contribution in [3.05, 3.63) is 29.7 Å². The zero-order chi connectivity index (χ0) is 17.0. The van der Waals surface area contributed by atoms with Crippen molar-refractivity contribution in [2.24, 2.45) is 5.41 Å². The third-order valence-electron chi connectivity index (χ3n) is 3.44. The third kappa shape index (κ3) is 4.69. The monoisotopic (exact) mass is 337 g/mol. The van der Waals surface area contributed by atoms with Gasteiger partial charge in [-0.25, -0.2) is 9.97 Å². The van der Waals surface area contributed by atoms with Crippen LogP contribution in [0.25, 0.3) is 11.5 Å². The number of carbonyl (C=O) groups excluding carboxylic acids is 1. The van der Waals surface area contributed by atoms with Gasteiger partial charge in [0.15, 0.2) is 5.76 Å². The molecule has 2 rings (SSSR count). The van der Waals surface area contributed by atoms with Gasteiger partial charge in [-0.15, -0.1) is 0 Å². The topological polar surface area (TPSA) is 77.2 Å². The van der Waals surface area contributed by atoms with Gasteiger partial charge < -0.3 is 14.5 Å². The summed E-state index contributed by atoms with van der Waals surface area (Å²) in [7, 11) is 1.37. The molecule has 0 saturated heterocycles. The van der Waals surface area contributed by atoms with Crippen LogP contribution in [0.4, 0.5) is 5.82 Å². The van der Waals surface area contributed by atoms with Gasteiger partial charge >= 0.3 is 5.97 Å². The van der Waals surface area contributed by atoms with Crippen LogP contribution in [0.15, 0.2) is 28.9 Å². The number of methoxy groups -OCH3 is 1. The molecule has 124 valence electrons. The number of esters is 1. The lowest BCUT2D eigenvalue weighted by Crippen LogP contribution is -2.36. The van der Waals surface area contributed by atoms with Crippen LogP contribution in [0.2, 0.25) is 5.28 Å². The lowest BCUT2D eigenvalue weighted by atomic mass is 9.84. The van der Waals surface area contributed by atoms with Crippen molar-refractivity contribution in [3.63, 3.8) is 0 Å². The van der Waals surface area contributed by atoms with Crippen molar-refractivity contribution >= 4 is 23.4 Å². The van der Waals surface area contributed by atoms with E-state index in [9.17, 15) is 4.79 Å². The van der Waals surface area contributed by atoms with E-state index in [1.165, 1.54) is 7.11 Å². The van der Waals surface area contributed by atoms with Gasteiger partial charge in [0.05, 0.1) is 19.8 Å². The van der Waals surface area contributed by atoms with Gasteiger partial charge in [-0.05, 0) is 29.1 Å². The van der Waals surface area contributed by atoms with Crippen LogP contribution in [-0.4, -0.2) is 29.1 Å². The second kappa shape index (κ2) is 7.00. The molecule has 0 amide bonds. The summed E-state index contributed by atoms with van der Waals surface area (Å²) in [6, 6.07) is 5.12. The normalized spacial score (nSPS) is 12.7. The second-order valence-electron chi connectivity index (χ2n) is 6.23. The van der Waals surface area contributed by atoms with E-state index in [1.54, 1.807) is 24.5 Å². The summed E-state index contributed by atoms with van der Waals surface area (Å²) in [6.07, 6.45) is 1.78. The molecule has 1 atom stereocenters. The number of carbonyl (C=O) groups is 1. The molecule has 0 bridgehead atoms. The van der Waals surface area contributed by atoms with E-state index in [-0.39, 0.29) is 29.1 Å². The summed E-state index contributed by atoms with van der Waals surface area (Å²) in [5, 5.41) is 3.35. The number of anilines is 1. The van der Waals surface area contributed by atoms with Crippen molar-refractivity contribution in [2.45, 2.75) is 33.2 Å². The maximum atomic E-state index is 11.6. The average Bonchev–Trinajstić information content (AvgIpc) is 2.99. The molecule has 0 aliphatic heterocycles. The fourth-order valence-electron chi connectivity index (χ4n) is 2.04. The van der Waals surface area contributed by atoms with Gasteiger partial charge in [-0.1, -0.05) is 20.8 Å². The van der Waals surface area contributed by atoms with Crippen LogP contribution in [0.5, 0.6) is 0 Å². The summed E-state index contributed by atoms with van der Waals surface area (Å²) in [6.45, 7) is 6.09. The summed E-state index contributed by atoms with van der Waals surface area (Å²) in [5.41, 5.74) is 0.388. The molecule has 2 aromatic heterocycles. The first kappa shape index (κ1) is 17.3. The van der Waals surface area contributed by atoms with E-state index in [1.807, 2.05) is 20.8 Å². The van der Waals surface area contributed by atoms with Crippen LogP contribution in [0.3, 0.4) is 0 Å². The molecule has 2 aromatic rings. The molecule has 6 nitrogen and oxygen atoms in total. The van der Waals surface area contributed by atoms with Crippen LogP contribution in [-0.2, 0) is 9.53 Å². The Labute approximate surface area is 140 Å². The van der Waals surface area contributed by atoms with Gasteiger partial charge in [0.1, 0.15) is 11.5 Å². The minimum absolute atomic E-state index is 0.104. The minimum atomic E-state index is -0.288. The Morgan fingerprint density at radius 2 is 2.17 bits per heavy atom. The largest absolute Gasteiger partial charge is 0.469 e. The number of rotatable bonds is 5. The Bertz CT molecular complexity index is 666. The predicted octanol–water partition coefficient (Wildman–Crippen LogP) is 3.78. The zero-order valence-corrected chi connectivity index (χ0v) is 14.3. The number of ether oxygens (including phenoxy) is 1. The molecule has 0 spiro atoms. The lowest BCUT2D eigenvalue weighted by molar-refractivity contribution is -0.141. The summed E-state index contributed by atoms with van der Waals surface area (Å²) >= 11 is 6.00. The minimum Gasteiger partial charge on any atom is -0.469 e. The third-order valence-corrected chi connectivity index (χ3v) is 3.61. The van der Waals surface area contributed by atoms with Crippen LogP contribution >= 0.6 is 11.6 Å². The Hall–Kier alpha value is -2.08. The molecule has 0 aliphatic carbocycles. The van der Waals surface area contributed by atoms with Gasteiger partial charge in [0.2, 0.25) is 5.28 Å². The molecule has 0 aromatic carbocycles. The fourth-order valence-corrected chi connectivity index (χ4v) is 2.23. The van der Waals surface area contributed by atoms with E-state index < -0.39 is 0 Å². The van der Waals surface area contributed by atoms with Crippen LogP contribution in [0, 0.1) is 5.41 Å². The average molecular weight is 338 g/mol. The maximum Gasteiger partial charge on any atom is 0.307 e. The smallest absolute Gasteiger partial charge is 0.307 e. The molecule has 23 heavy (non-hydrogen) atoms. The number of aromatic nitrogens is 2. The van der Waals surface area contributed by atoms with Gasteiger partial charge in [0, 0.05) is 12.1 Å². The highest BCUT2D eigenvalue weighted by Gasteiger charge is 2.28. The molecule has 2 heterocycles. The standard InChI is InChI=1S/C16H20ClN3O3/c1-16(2,3)12(9-14(21)22-4)19-13-8-10(18-15(17)20-13)11-6-5-7-23-11/h5-8,12H,9H2,1-4H3,(H,18,19,20)/t12-/m1/s1. The molecular weight excluding hydrogens is 318 g/mol. The number of hydrogen-bond acceptors (Lipinski definition) is 6. The number of furan rings is 1. The lowest BCUT2D eigenvalue weighted by Gasteiger charge is -2.31. The first-order valence-corrected chi connectivity index (χ1v) is 7.59. The molecule has 0 unspecified atom stereocenters. The molecule has 0 aliphatic rings. The molecule has 0 fully saturated rings. The quantitative estimate of drug-likeness (QED) is 0.661. The Morgan fingerprint density at radius 1 is 1.43 bits per heavy atom. The highest BCUT2D eigenvalue weighted by molar-refractivity contribution is 6.28. The van der Waals surface area contributed by atoms with E-state index in [0.29, 0.717) is 17.3 Å². The van der Waals surface area contributed by atoms with Crippen molar-refractivity contribution < 1.29 is 13.9 Å². The second-order valence-corrected chi connectivity index (χ2v) is 6.57. The van der Waals surface area contributed by atoms with Gasteiger partial charge in [-0.2, -0.15) is 0 Å². The highest BCUT2D eigenvalue weighted by Crippen LogP contribution is 2.28. The summed E-state index contributed by atoms with van der Waals surface area (Å²) < 4.78 is 10.1. The first-order chi connectivity index (χ1) is 10.8. The Balaban J connectivity index is 2.27. The van der Waals surface area contributed by atoms with E-state index in [2.05, 4.69) is 15.3 Å². The van der Waals surface area contributed by atoms with Gasteiger partial charge in [0.25, 0.3) is 0 Å². The number of halogens is 1. The van der Waals surface area contributed by atoms with Crippen molar-refractivity contribution in [2.75, 3.05) is 12.4 Å². The zero-order valence-electron chi connectivity index (χ0n) is 13.6. The van der Waals surface area contributed by atoms with E-state index >= 15 is 0 Å². The number of nitrogens with zero attached hydrogens (tertiary/aromatic N) is 2. The van der Waals surface area contributed by atoms with Crippen molar-refractivity contribution in [1.29, 1.82) is 0 Å². The highest BCUT2D eigenvalue weighted by atomic mass is 35.5. The van der Waals surface area contributed by atoms with Crippen LogP contribution < -0.4 is 5.32 Å². The fraction of sp³-hybridized carbons (Fsp3) is 0.438. The summed E-state index contributed by atoms with van der Waals surface area (Å²) in [5.74, 6) is 0.835. The molecule has 1 N–H and O–H groups in total. The maximum absolute atomic E-state index is 11.6. The van der Waals surface area contributed by atoms with Crippen LogP contribution in [0.1, 0.15) is 27.2 Å².